The van der Waals surface area contributed by atoms with E-state index in [4.69, 9.17) is 9.47 Å². The van der Waals surface area contributed by atoms with Gasteiger partial charge < -0.3 is 24.3 Å². The number of nitrogens with one attached hydrogen (secondary N) is 1. The van der Waals surface area contributed by atoms with Crippen LogP contribution in [0.5, 0.6) is 11.5 Å². The Bertz CT molecular complexity index is 1200. The number of para-hydroxylation sites is 1. The van der Waals surface area contributed by atoms with Crippen LogP contribution < -0.4 is 9.47 Å². The van der Waals surface area contributed by atoms with Crippen LogP contribution in [0.15, 0.2) is 42.5 Å². The van der Waals surface area contributed by atoms with E-state index in [2.05, 4.69) is 17.1 Å². The van der Waals surface area contributed by atoms with Gasteiger partial charge in [-0.25, -0.2) is 0 Å². The van der Waals surface area contributed by atoms with E-state index in [1.165, 1.54) is 10.5 Å². The largest absolute Gasteiger partial charge is 0.454 e. The van der Waals surface area contributed by atoms with Gasteiger partial charge in [-0.2, -0.15) is 0 Å². The van der Waals surface area contributed by atoms with Gasteiger partial charge in [0.15, 0.2) is 11.5 Å². The topological polar surface area (TPSA) is 74.9 Å². The number of hydrogen-bond donors (Lipinski definition) is 1. The van der Waals surface area contributed by atoms with Gasteiger partial charge >= 0.3 is 0 Å². The van der Waals surface area contributed by atoms with Crippen molar-refractivity contribution in [2.45, 2.75) is 24.9 Å². The number of fused-ring (bicyclic) bond motifs is 5. The van der Waals surface area contributed by atoms with E-state index in [0.717, 1.165) is 28.6 Å². The first kappa shape index (κ1) is 17.4. The Morgan fingerprint density at radius 2 is 1.90 bits per heavy atom. The molecule has 2 atom stereocenters. The molecule has 1 fully saturated rings. The van der Waals surface area contributed by atoms with Crippen molar-refractivity contribution in [1.82, 2.24) is 14.8 Å². The van der Waals surface area contributed by atoms with Gasteiger partial charge in [0.1, 0.15) is 6.04 Å². The first-order valence-corrected chi connectivity index (χ1v) is 10.2. The minimum Gasteiger partial charge on any atom is -0.454 e. The fraction of sp³-hybridized carbons (Fsp3) is 0.304. The van der Waals surface area contributed by atoms with Crippen LogP contribution in [0, 0.1) is 0 Å². The van der Waals surface area contributed by atoms with Crippen molar-refractivity contribution in [1.29, 1.82) is 0 Å². The molecular weight excluding hydrogens is 382 g/mol. The molecular formula is C23H21N3O4. The summed E-state index contributed by atoms with van der Waals surface area (Å²) < 4.78 is 11.1. The standard InChI is InChI=1S/C23H21N3O4/c1-25-11-20(27)26-17(23(25)28)8-7-15-14-4-2-3-5-16(14)24-21(15)22(26)13-6-9-18-19(10-13)30-12-29-18/h2-6,9-10,17,22,24H,7-8,11-12H2,1H3/t17?,22-/m1/s1. The van der Waals surface area contributed by atoms with Crippen LogP contribution in [0.4, 0.5) is 0 Å². The number of rotatable bonds is 1. The van der Waals surface area contributed by atoms with Gasteiger partial charge in [-0.15, -0.1) is 0 Å². The van der Waals surface area contributed by atoms with E-state index in [1.807, 2.05) is 30.3 Å². The Labute approximate surface area is 173 Å². The van der Waals surface area contributed by atoms with Crippen LogP contribution in [0.25, 0.3) is 10.9 Å². The third-order valence-corrected chi connectivity index (χ3v) is 6.44. The normalized spacial score (nSPS) is 22.8. The van der Waals surface area contributed by atoms with Crippen LogP contribution in [0.3, 0.4) is 0 Å². The molecule has 3 aliphatic rings. The third kappa shape index (κ3) is 2.38. The summed E-state index contributed by atoms with van der Waals surface area (Å²) in [6.07, 6.45) is 1.33. The molecule has 0 radical (unpaired) electrons. The summed E-state index contributed by atoms with van der Waals surface area (Å²) in [6.45, 7) is 0.279. The molecule has 6 rings (SSSR count). The average Bonchev–Trinajstić information content (AvgIpc) is 3.31. The molecule has 1 N–H and O–H groups in total. The monoisotopic (exact) mass is 403 g/mol. The molecule has 7 heteroatoms. The highest BCUT2D eigenvalue weighted by atomic mass is 16.7. The first-order chi connectivity index (χ1) is 14.6. The molecule has 0 saturated carbocycles. The summed E-state index contributed by atoms with van der Waals surface area (Å²) >= 11 is 0. The fourth-order valence-electron chi connectivity index (χ4n) is 5.05. The van der Waals surface area contributed by atoms with Crippen molar-refractivity contribution >= 4 is 22.7 Å². The number of carbonyl (C=O) groups excluding carboxylic acids is 2. The molecule has 0 aliphatic carbocycles. The molecule has 152 valence electrons. The van der Waals surface area contributed by atoms with Gasteiger partial charge in [-0.05, 0) is 42.2 Å². The van der Waals surface area contributed by atoms with Crippen molar-refractivity contribution in [3.63, 3.8) is 0 Å². The van der Waals surface area contributed by atoms with Crippen molar-refractivity contribution in [3.05, 3.63) is 59.3 Å². The number of likely N-dealkylation sites (N-methyl/N-ethyl adjacent to an activating group) is 1. The van der Waals surface area contributed by atoms with Gasteiger partial charge in [0.05, 0.1) is 12.6 Å². The van der Waals surface area contributed by atoms with Crippen LogP contribution in [0.2, 0.25) is 0 Å². The van der Waals surface area contributed by atoms with Gasteiger partial charge in [0.25, 0.3) is 0 Å². The number of aryl methyl sites for hydroxylation is 1. The molecule has 3 aliphatic heterocycles. The molecule has 2 amide bonds. The zero-order valence-electron chi connectivity index (χ0n) is 16.6. The van der Waals surface area contributed by atoms with Gasteiger partial charge in [0, 0.05) is 23.6 Å². The van der Waals surface area contributed by atoms with E-state index >= 15 is 0 Å². The predicted molar refractivity (Wildman–Crippen MR) is 109 cm³/mol. The molecule has 4 heterocycles. The van der Waals surface area contributed by atoms with E-state index in [0.29, 0.717) is 17.9 Å². The quantitative estimate of drug-likeness (QED) is 0.678. The number of ether oxygens (including phenoxy) is 2. The number of piperazine rings is 1. The zero-order chi connectivity index (χ0) is 20.4. The average molecular weight is 403 g/mol. The summed E-state index contributed by atoms with van der Waals surface area (Å²) in [5.41, 5.74) is 4.10. The summed E-state index contributed by atoms with van der Waals surface area (Å²) in [5.74, 6) is 1.31. The number of hydrogen-bond acceptors (Lipinski definition) is 4. The molecule has 30 heavy (non-hydrogen) atoms. The second kappa shape index (κ2) is 6.26. The highest BCUT2D eigenvalue weighted by Gasteiger charge is 2.45. The Morgan fingerprint density at radius 3 is 2.80 bits per heavy atom. The lowest BCUT2D eigenvalue weighted by atomic mass is 9.97. The number of amides is 2. The van der Waals surface area contributed by atoms with Crippen molar-refractivity contribution in [3.8, 4) is 11.5 Å². The lowest BCUT2D eigenvalue weighted by Gasteiger charge is -2.42. The lowest BCUT2D eigenvalue weighted by Crippen LogP contribution is -2.59. The second-order valence-corrected chi connectivity index (χ2v) is 8.13. The predicted octanol–water partition coefficient (Wildman–Crippen LogP) is 2.60. The van der Waals surface area contributed by atoms with Crippen molar-refractivity contribution in [2.75, 3.05) is 20.4 Å². The Balaban J connectivity index is 1.59. The number of aromatic nitrogens is 1. The molecule has 2 aromatic carbocycles. The van der Waals surface area contributed by atoms with E-state index in [-0.39, 0.29) is 31.2 Å². The Hall–Kier alpha value is -3.48. The molecule has 1 saturated heterocycles. The molecule has 1 unspecified atom stereocenters. The van der Waals surface area contributed by atoms with Gasteiger partial charge in [0.2, 0.25) is 18.6 Å². The first-order valence-electron chi connectivity index (χ1n) is 10.2. The highest BCUT2D eigenvalue weighted by Crippen LogP contribution is 2.43. The van der Waals surface area contributed by atoms with Crippen LogP contribution >= 0.6 is 0 Å². The molecule has 7 nitrogen and oxygen atoms in total. The Morgan fingerprint density at radius 1 is 1.07 bits per heavy atom. The number of benzene rings is 2. The minimum absolute atomic E-state index is 0.00481. The van der Waals surface area contributed by atoms with E-state index < -0.39 is 6.04 Å². The smallest absolute Gasteiger partial charge is 0.245 e. The number of aromatic amines is 1. The van der Waals surface area contributed by atoms with E-state index in [9.17, 15) is 9.59 Å². The summed E-state index contributed by atoms with van der Waals surface area (Å²) in [6, 6.07) is 13.1. The van der Waals surface area contributed by atoms with Crippen molar-refractivity contribution in [2.24, 2.45) is 0 Å². The SMILES string of the molecule is CN1CC(=O)N2C(CCc3c([nH]c4ccccc34)[C@H]2c2ccc3c(c2)OCO3)C1=O. The molecule has 0 spiro atoms. The molecule has 0 bridgehead atoms. The number of carbonyl (C=O) groups is 2. The van der Waals surface area contributed by atoms with Crippen molar-refractivity contribution < 1.29 is 19.1 Å². The zero-order valence-corrected chi connectivity index (χ0v) is 16.6. The van der Waals surface area contributed by atoms with Crippen LogP contribution in [0.1, 0.15) is 29.3 Å². The molecule has 1 aromatic heterocycles. The second-order valence-electron chi connectivity index (χ2n) is 8.13. The third-order valence-electron chi connectivity index (χ3n) is 6.44. The number of nitrogens with zero attached hydrogens (tertiary/aromatic N) is 2. The maximum atomic E-state index is 13.2. The summed E-state index contributed by atoms with van der Waals surface area (Å²) in [5, 5.41) is 1.14. The highest BCUT2D eigenvalue weighted by molar-refractivity contribution is 5.96. The maximum Gasteiger partial charge on any atom is 0.245 e. The lowest BCUT2D eigenvalue weighted by molar-refractivity contribution is -0.156. The minimum atomic E-state index is -0.480. The van der Waals surface area contributed by atoms with Gasteiger partial charge in [-0.3, -0.25) is 9.59 Å². The number of H-pyrrole nitrogens is 1. The molecule has 3 aromatic rings. The van der Waals surface area contributed by atoms with Crippen LogP contribution in [-0.2, 0) is 16.0 Å². The summed E-state index contributed by atoms with van der Waals surface area (Å²) in [7, 11) is 1.70. The van der Waals surface area contributed by atoms with Gasteiger partial charge in [-0.1, -0.05) is 24.3 Å². The van der Waals surface area contributed by atoms with Crippen LogP contribution in [-0.4, -0.2) is 53.0 Å². The maximum absolute atomic E-state index is 13.2. The fourth-order valence-corrected chi connectivity index (χ4v) is 5.05. The summed E-state index contributed by atoms with van der Waals surface area (Å²) in [4.78, 5) is 33.2. The van der Waals surface area contributed by atoms with E-state index in [1.54, 1.807) is 11.9 Å². The Kier molecular flexibility index (Phi) is 3.63.